The molecular weight excluding hydrogens is 347 g/mol. The fraction of sp³-hybridized carbons (Fsp3) is 1.00. The Bertz CT molecular complexity index is 373. The SMILES string of the molecule is O=S(=O)(CCCC(F)(F)F)NCC1CCCCC1Br. The molecule has 2 atom stereocenters. The van der Waals surface area contributed by atoms with E-state index in [0.717, 1.165) is 25.7 Å². The summed E-state index contributed by atoms with van der Waals surface area (Å²) >= 11 is 3.52. The molecule has 0 saturated heterocycles. The molecule has 8 heteroatoms. The van der Waals surface area contributed by atoms with Gasteiger partial charge in [-0.15, -0.1) is 0 Å². The zero-order chi connectivity index (χ0) is 14.5. The van der Waals surface area contributed by atoms with Gasteiger partial charge >= 0.3 is 6.18 Å². The molecule has 0 spiro atoms. The van der Waals surface area contributed by atoms with E-state index < -0.39 is 28.4 Å². The van der Waals surface area contributed by atoms with Gasteiger partial charge in [-0.2, -0.15) is 13.2 Å². The highest BCUT2D eigenvalue weighted by Crippen LogP contribution is 2.29. The predicted molar refractivity (Wildman–Crippen MR) is 71.8 cm³/mol. The molecule has 1 saturated carbocycles. The Morgan fingerprint density at radius 1 is 1.21 bits per heavy atom. The third-order valence-electron chi connectivity index (χ3n) is 3.26. The zero-order valence-electron chi connectivity index (χ0n) is 10.5. The van der Waals surface area contributed by atoms with Crippen LogP contribution in [0.5, 0.6) is 0 Å². The normalized spacial score (nSPS) is 25.5. The third-order valence-corrected chi connectivity index (χ3v) is 5.89. The van der Waals surface area contributed by atoms with Gasteiger partial charge in [0.2, 0.25) is 10.0 Å². The first-order valence-electron chi connectivity index (χ1n) is 6.38. The highest BCUT2D eigenvalue weighted by atomic mass is 79.9. The maximum Gasteiger partial charge on any atom is 0.389 e. The molecule has 3 nitrogen and oxygen atoms in total. The van der Waals surface area contributed by atoms with E-state index in [4.69, 9.17) is 0 Å². The summed E-state index contributed by atoms with van der Waals surface area (Å²) in [5, 5.41) is 0. The van der Waals surface area contributed by atoms with Crippen molar-refractivity contribution in [1.29, 1.82) is 0 Å². The van der Waals surface area contributed by atoms with Gasteiger partial charge in [0, 0.05) is 17.8 Å². The van der Waals surface area contributed by atoms with Gasteiger partial charge in [0.05, 0.1) is 5.75 Å². The number of alkyl halides is 4. The van der Waals surface area contributed by atoms with Crippen LogP contribution in [0.15, 0.2) is 0 Å². The van der Waals surface area contributed by atoms with Crippen molar-refractivity contribution in [3.63, 3.8) is 0 Å². The van der Waals surface area contributed by atoms with Gasteiger partial charge in [-0.25, -0.2) is 13.1 Å². The lowest BCUT2D eigenvalue weighted by Crippen LogP contribution is -2.35. The van der Waals surface area contributed by atoms with Crippen LogP contribution in [0.3, 0.4) is 0 Å². The lowest BCUT2D eigenvalue weighted by Gasteiger charge is -2.27. The van der Waals surface area contributed by atoms with Gasteiger partial charge in [-0.3, -0.25) is 0 Å². The van der Waals surface area contributed by atoms with Gasteiger partial charge in [0.15, 0.2) is 0 Å². The Balaban J connectivity index is 2.30. The molecule has 0 aromatic heterocycles. The molecule has 0 aliphatic heterocycles. The second-order valence-electron chi connectivity index (χ2n) is 4.95. The number of nitrogens with one attached hydrogen (secondary N) is 1. The van der Waals surface area contributed by atoms with Crippen LogP contribution in [-0.2, 0) is 10.0 Å². The molecule has 0 aromatic carbocycles. The number of rotatable bonds is 6. The summed E-state index contributed by atoms with van der Waals surface area (Å²) in [5.41, 5.74) is 0. The van der Waals surface area contributed by atoms with E-state index in [0.29, 0.717) is 11.4 Å². The molecule has 19 heavy (non-hydrogen) atoms. The molecule has 0 heterocycles. The summed E-state index contributed by atoms with van der Waals surface area (Å²) < 4.78 is 61.4. The van der Waals surface area contributed by atoms with Crippen LogP contribution in [0.1, 0.15) is 38.5 Å². The average molecular weight is 366 g/mol. The van der Waals surface area contributed by atoms with Crippen LogP contribution < -0.4 is 4.72 Å². The maximum absolute atomic E-state index is 11.9. The van der Waals surface area contributed by atoms with Crippen LogP contribution in [0.2, 0.25) is 0 Å². The van der Waals surface area contributed by atoms with Gasteiger partial charge in [-0.05, 0) is 25.2 Å². The Labute approximate surface area is 120 Å². The average Bonchev–Trinajstić information content (AvgIpc) is 2.26. The molecule has 0 aromatic rings. The Kier molecular flexibility index (Phi) is 6.59. The van der Waals surface area contributed by atoms with E-state index in [1.807, 2.05) is 0 Å². The first-order chi connectivity index (χ1) is 8.70. The van der Waals surface area contributed by atoms with Crippen molar-refractivity contribution in [1.82, 2.24) is 4.72 Å². The van der Waals surface area contributed by atoms with Crippen molar-refractivity contribution in [3.8, 4) is 0 Å². The number of hydrogen-bond acceptors (Lipinski definition) is 2. The Hall–Kier alpha value is 0.180. The van der Waals surface area contributed by atoms with E-state index >= 15 is 0 Å². The fourth-order valence-corrected chi connectivity index (χ4v) is 4.07. The van der Waals surface area contributed by atoms with Crippen molar-refractivity contribution in [2.75, 3.05) is 12.3 Å². The smallest absolute Gasteiger partial charge is 0.215 e. The molecule has 0 bridgehead atoms. The van der Waals surface area contributed by atoms with E-state index in [9.17, 15) is 21.6 Å². The van der Waals surface area contributed by atoms with Crippen molar-refractivity contribution in [3.05, 3.63) is 0 Å². The second-order valence-corrected chi connectivity index (χ2v) is 8.05. The standard InChI is InChI=1S/C11H19BrF3NO2S/c12-10-5-2-1-4-9(10)8-16-19(17,18)7-3-6-11(13,14)15/h9-10,16H,1-8H2. The molecule has 1 fully saturated rings. The summed E-state index contributed by atoms with van der Waals surface area (Å²) in [4.78, 5) is 0.291. The second kappa shape index (κ2) is 7.26. The predicted octanol–water partition coefficient (Wildman–Crippen LogP) is 3.20. The van der Waals surface area contributed by atoms with Crippen molar-refractivity contribution >= 4 is 26.0 Å². The lowest BCUT2D eigenvalue weighted by atomic mass is 9.89. The molecule has 0 amide bonds. The maximum atomic E-state index is 11.9. The highest BCUT2D eigenvalue weighted by molar-refractivity contribution is 9.09. The molecule has 2 unspecified atom stereocenters. The van der Waals surface area contributed by atoms with Gasteiger partial charge in [0.1, 0.15) is 0 Å². The minimum absolute atomic E-state index is 0.228. The van der Waals surface area contributed by atoms with E-state index in [1.54, 1.807) is 0 Å². The van der Waals surface area contributed by atoms with E-state index in [2.05, 4.69) is 20.7 Å². The van der Waals surface area contributed by atoms with Crippen LogP contribution in [0.25, 0.3) is 0 Å². The molecule has 1 aliphatic rings. The van der Waals surface area contributed by atoms with E-state index in [1.165, 1.54) is 0 Å². The monoisotopic (exact) mass is 365 g/mol. The first-order valence-corrected chi connectivity index (χ1v) is 8.94. The lowest BCUT2D eigenvalue weighted by molar-refractivity contribution is -0.134. The Morgan fingerprint density at radius 2 is 1.84 bits per heavy atom. The van der Waals surface area contributed by atoms with Crippen LogP contribution in [0.4, 0.5) is 13.2 Å². The summed E-state index contributed by atoms with van der Waals surface area (Å²) in [6.45, 7) is 0.310. The van der Waals surface area contributed by atoms with E-state index in [-0.39, 0.29) is 12.3 Å². The topological polar surface area (TPSA) is 46.2 Å². The fourth-order valence-electron chi connectivity index (χ4n) is 2.16. The van der Waals surface area contributed by atoms with Gasteiger partial charge < -0.3 is 0 Å². The van der Waals surface area contributed by atoms with Crippen LogP contribution in [0, 0.1) is 5.92 Å². The molecule has 114 valence electrons. The summed E-state index contributed by atoms with van der Waals surface area (Å²) in [7, 11) is -3.60. The minimum Gasteiger partial charge on any atom is -0.215 e. The van der Waals surface area contributed by atoms with Crippen molar-refractivity contribution in [2.24, 2.45) is 5.92 Å². The molecule has 1 rings (SSSR count). The quantitative estimate of drug-likeness (QED) is 0.734. The summed E-state index contributed by atoms with van der Waals surface area (Å²) in [5.74, 6) is -0.238. The third kappa shape index (κ3) is 7.51. The molecular formula is C11H19BrF3NO2S. The molecule has 0 radical (unpaired) electrons. The first kappa shape index (κ1) is 17.2. The Morgan fingerprint density at radius 3 is 2.42 bits per heavy atom. The van der Waals surface area contributed by atoms with Crippen molar-refractivity contribution < 1.29 is 21.6 Å². The van der Waals surface area contributed by atoms with Gasteiger partial charge in [0.25, 0.3) is 0 Å². The number of sulfonamides is 1. The van der Waals surface area contributed by atoms with Crippen LogP contribution in [-0.4, -0.2) is 31.7 Å². The zero-order valence-corrected chi connectivity index (χ0v) is 13.0. The number of halogens is 4. The number of hydrogen-bond donors (Lipinski definition) is 1. The highest BCUT2D eigenvalue weighted by Gasteiger charge is 2.28. The molecule has 1 aliphatic carbocycles. The van der Waals surface area contributed by atoms with Crippen LogP contribution >= 0.6 is 15.9 Å². The minimum atomic E-state index is -4.29. The van der Waals surface area contributed by atoms with Gasteiger partial charge in [-0.1, -0.05) is 28.8 Å². The largest absolute Gasteiger partial charge is 0.389 e. The van der Waals surface area contributed by atoms with Crippen molar-refractivity contribution in [2.45, 2.75) is 49.5 Å². The molecule has 1 N–H and O–H groups in total. The summed E-state index contributed by atoms with van der Waals surface area (Å²) in [6, 6.07) is 0. The summed E-state index contributed by atoms with van der Waals surface area (Å²) in [6.07, 6.45) is -1.58.